The van der Waals surface area contributed by atoms with Crippen molar-refractivity contribution in [1.29, 1.82) is 0 Å². The van der Waals surface area contributed by atoms with E-state index in [1.165, 1.54) is 0 Å². The minimum atomic E-state index is -2.12. The summed E-state index contributed by atoms with van der Waals surface area (Å²) in [6, 6.07) is 8.17. The molecule has 2 N–H and O–H groups in total. The van der Waals surface area contributed by atoms with Crippen molar-refractivity contribution in [1.82, 2.24) is 0 Å². The lowest BCUT2D eigenvalue weighted by Crippen LogP contribution is -2.54. The van der Waals surface area contributed by atoms with Gasteiger partial charge in [0, 0.05) is 18.6 Å². The number of hydrogen-bond donors (Lipinski definition) is 2. The highest BCUT2D eigenvalue weighted by Crippen LogP contribution is 2.22. The van der Waals surface area contributed by atoms with E-state index in [0.29, 0.717) is 12.9 Å². The first-order valence-corrected chi connectivity index (χ1v) is 7.08. The molecule has 0 unspecified atom stereocenters. The number of carbonyl (C=O) groups is 2. The number of aldehydes is 1. The fourth-order valence-corrected chi connectivity index (χ4v) is 2.02. The number of Topliss-reactive ketones (excluding diaryl/α,β-unsaturated/α-hetero) is 1. The molecule has 0 aliphatic carbocycles. The van der Waals surface area contributed by atoms with E-state index in [2.05, 4.69) is 0 Å². The second-order valence-corrected chi connectivity index (χ2v) is 4.89. The number of unbranched alkanes of at least 4 members (excludes halogenated alkanes) is 1. The highest BCUT2D eigenvalue weighted by atomic mass is 16.5. The van der Waals surface area contributed by atoms with E-state index < -0.39 is 24.1 Å². The van der Waals surface area contributed by atoms with Crippen LogP contribution in [0.4, 0.5) is 0 Å². The lowest BCUT2D eigenvalue weighted by Gasteiger charge is -2.32. The summed E-state index contributed by atoms with van der Waals surface area (Å²) in [5.41, 5.74) is -1.85. The molecule has 116 valence electrons. The van der Waals surface area contributed by atoms with Crippen LogP contribution in [0.3, 0.4) is 0 Å². The zero-order chi connectivity index (χ0) is 15.7. The second-order valence-electron chi connectivity index (χ2n) is 4.89. The molecule has 0 aliphatic heterocycles. The van der Waals surface area contributed by atoms with Gasteiger partial charge in [0.25, 0.3) is 0 Å². The number of ether oxygens (including phenoxy) is 1. The summed E-state index contributed by atoms with van der Waals surface area (Å²) in [6.07, 6.45) is 1.00. The zero-order valence-electron chi connectivity index (χ0n) is 12.2. The van der Waals surface area contributed by atoms with Crippen molar-refractivity contribution in [3.05, 3.63) is 35.9 Å². The maximum atomic E-state index is 12.4. The van der Waals surface area contributed by atoms with Gasteiger partial charge in [-0.15, -0.1) is 0 Å². The van der Waals surface area contributed by atoms with Crippen LogP contribution in [0.15, 0.2) is 30.3 Å². The number of benzene rings is 1. The Morgan fingerprint density at radius 2 is 2.05 bits per heavy atom. The first-order valence-electron chi connectivity index (χ1n) is 7.08. The fourth-order valence-electron chi connectivity index (χ4n) is 2.02. The molecule has 21 heavy (non-hydrogen) atoms. The molecular formula is C16H22O5. The maximum Gasteiger partial charge on any atom is 0.199 e. The molecule has 5 nitrogen and oxygen atoms in total. The standard InChI is InChI=1S/C16H22O5/c1-2-3-11-21-14(9-10-17)16(20,12-18)15(19)13-7-5-4-6-8-13/h4-8,10,14,18,20H,2-3,9,11-12H2,1H3/t14-,16+/m1/s1. The molecule has 5 heteroatoms. The molecule has 2 atom stereocenters. The Balaban J connectivity index is 2.97. The van der Waals surface area contributed by atoms with Crippen LogP contribution in [0.1, 0.15) is 36.5 Å². The molecule has 1 rings (SSSR count). The highest BCUT2D eigenvalue weighted by molar-refractivity contribution is 6.03. The third-order valence-corrected chi connectivity index (χ3v) is 3.33. The van der Waals surface area contributed by atoms with Crippen LogP contribution in [0.5, 0.6) is 0 Å². The number of carbonyl (C=O) groups excluding carboxylic acids is 2. The van der Waals surface area contributed by atoms with Crippen LogP contribution in [-0.2, 0) is 9.53 Å². The summed E-state index contributed by atoms with van der Waals surface area (Å²) >= 11 is 0. The molecule has 0 saturated heterocycles. The van der Waals surface area contributed by atoms with Crippen LogP contribution >= 0.6 is 0 Å². The summed E-state index contributed by atoms with van der Waals surface area (Å²) in [5, 5.41) is 20.1. The van der Waals surface area contributed by atoms with Crippen molar-refractivity contribution in [2.45, 2.75) is 37.9 Å². The van der Waals surface area contributed by atoms with Crippen LogP contribution in [0.25, 0.3) is 0 Å². The Hall–Kier alpha value is -1.56. The second kappa shape index (κ2) is 8.67. The first kappa shape index (κ1) is 17.5. The molecule has 0 fully saturated rings. The minimum Gasteiger partial charge on any atom is -0.393 e. The summed E-state index contributed by atoms with van der Waals surface area (Å²) < 4.78 is 5.46. The summed E-state index contributed by atoms with van der Waals surface area (Å²) in [4.78, 5) is 23.2. The number of aliphatic hydroxyl groups excluding tert-OH is 1. The average Bonchev–Trinajstić information content (AvgIpc) is 2.53. The van der Waals surface area contributed by atoms with Crippen molar-refractivity contribution >= 4 is 12.1 Å². The van der Waals surface area contributed by atoms with Crippen LogP contribution in [-0.4, -0.2) is 47.2 Å². The minimum absolute atomic E-state index is 0.153. The van der Waals surface area contributed by atoms with Gasteiger partial charge in [-0.25, -0.2) is 0 Å². The molecule has 0 radical (unpaired) electrons. The van der Waals surface area contributed by atoms with Gasteiger partial charge in [-0.2, -0.15) is 0 Å². The molecule has 0 aromatic heterocycles. The lowest BCUT2D eigenvalue weighted by atomic mass is 9.86. The van der Waals surface area contributed by atoms with Gasteiger partial charge in [0.15, 0.2) is 11.4 Å². The summed E-state index contributed by atoms with van der Waals surface area (Å²) in [7, 11) is 0. The Morgan fingerprint density at radius 1 is 1.38 bits per heavy atom. The Kier molecular flexibility index (Phi) is 7.22. The predicted octanol–water partition coefficient (Wildman–Crippen LogP) is 1.37. The van der Waals surface area contributed by atoms with Gasteiger partial charge < -0.3 is 19.7 Å². The molecule has 0 heterocycles. The third kappa shape index (κ3) is 4.46. The molecule has 0 spiro atoms. The number of aliphatic hydroxyl groups is 2. The number of ketones is 1. The van der Waals surface area contributed by atoms with E-state index in [0.717, 1.165) is 12.8 Å². The topological polar surface area (TPSA) is 83.8 Å². The highest BCUT2D eigenvalue weighted by Gasteiger charge is 2.44. The van der Waals surface area contributed by atoms with Crippen molar-refractivity contribution in [3.8, 4) is 0 Å². The van der Waals surface area contributed by atoms with E-state index in [-0.39, 0.29) is 12.0 Å². The van der Waals surface area contributed by atoms with Gasteiger partial charge in [-0.1, -0.05) is 43.7 Å². The van der Waals surface area contributed by atoms with Crippen LogP contribution in [0, 0.1) is 0 Å². The number of rotatable bonds is 10. The average molecular weight is 294 g/mol. The van der Waals surface area contributed by atoms with Crippen LogP contribution in [0.2, 0.25) is 0 Å². The van der Waals surface area contributed by atoms with Crippen molar-refractivity contribution in [3.63, 3.8) is 0 Å². The van der Waals surface area contributed by atoms with E-state index in [4.69, 9.17) is 4.74 Å². The Labute approximate surface area is 124 Å². The zero-order valence-corrected chi connectivity index (χ0v) is 12.2. The lowest BCUT2D eigenvalue weighted by molar-refractivity contribution is -0.125. The largest absolute Gasteiger partial charge is 0.393 e. The monoisotopic (exact) mass is 294 g/mol. The van der Waals surface area contributed by atoms with Gasteiger partial charge in [0.2, 0.25) is 0 Å². The third-order valence-electron chi connectivity index (χ3n) is 3.33. The molecule has 1 aromatic carbocycles. The van der Waals surface area contributed by atoms with Crippen molar-refractivity contribution in [2.24, 2.45) is 0 Å². The molecule has 1 aromatic rings. The van der Waals surface area contributed by atoms with Gasteiger partial charge in [-0.05, 0) is 6.42 Å². The van der Waals surface area contributed by atoms with Gasteiger partial charge in [-0.3, -0.25) is 4.79 Å². The fraction of sp³-hybridized carbons (Fsp3) is 0.500. The van der Waals surface area contributed by atoms with Gasteiger partial charge >= 0.3 is 0 Å². The van der Waals surface area contributed by atoms with E-state index in [1.54, 1.807) is 30.3 Å². The normalized spacial score (nSPS) is 15.2. The Morgan fingerprint density at radius 3 is 2.57 bits per heavy atom. The van der Waals surface area contributed by atoms with E-state index in [1.807, 2.05) is 6.92 Å². The Bertz CT molecular complexity index is 445. The smallest absolute Gasteiger partial charge is 0.199 e. The van der Waals surface area contributed by atoms with Gasteiger partial charge in [0.1, 0.15) is 12.4 Å². The van der Waals surface area contributed by atoms with Crippen LogP contribution < -0.4 is 0 Å². The van der Waals surface area contributed by atoms with E-state index >= 15 is 0 Å². The molecular weight excluding hydrogens is 272 g/mol. The maximum absolute atomic E-state index is 12.4. The molecule has 0 bridgehead atoms. The SMILES string of the molecule is CCCCO[C@H](CC=O)[C@@](O)(CO)C(=O)c1ccccc1. The predicted molar refractivity (Wildman–Crippen MR) is 78.1 cm³/mol. The summed E-state index contributed by atoms with van der Waals surface area (Å²) in [5.74, 6) is -0.644. The quantitative estimate of drug-likeness (QED) is 0.387. The van der Waals surface area contributed by atoms with Crippen molar-refractivity contribution in [2.75, 3.05) is 13.2 Å². The van der Waals surface area contributed by atoms with Gasteiger partial charge in [0.05, 0.1) is 6.61 Å². The number of hydrogen-bond acceptors (Lipinski definition) is 5. The van der Waals surface area contributed by atoms with Crippen molar-refractivity contribution < 1.29 is 24.5 Å². The first-order chi connectivity index (χ1) is 10.1. The molecule has 0 saturated carbocycles. The molecule has 0 aliphatic rings. The molecule has 0 amide bonds. The summed E-state index contributed by atoms with van der Waals surface area (Å²) in [6.45, 7) is 1.50. The van der Waals surface area contributed by atoms with E-state index in [9.17, 15) is 19.8 Å².